The first-order valence-corrected chi connectivity index (χ1v) is 11.6. The molecule has 7 nitrogen and oxygen atoms in total. The zero-order valence-corrected chi connectivity index (χ0v) is 18.2. The van der Waals surface area contributed by atoms with Crippen LogP contribution in [-0.4, -0.2) is 35.9 Å². The number of aliphatic hydroxyl groups excluding tert-OH is 1. The molecule has 2 heterocycles. The molecule has 4 rings (SSSR count). The average molecular weight is 455 g/mol. The van der Waals surface area contributed by atoms with E-state index < -0.39 is 16.4 Å². The Hall–Kier alpha value is -4.24. The van der Waals surface area contributed by atoms with Gasteiger partial charge in [-0.15, -0.1) is 0 Å². The fourth-order valence-corrected chi connectivity index (χ4v) is 4.15. The molecule has 8 heteroatoms. The van der Waals surface area contributed by atoms with E-state index in [4.69, 9.17) is 10.4 Å². The van der Waals surface area contributed by atoms with Crippen molar-refractivity contribution >= 4 is 32.1 Å². The largest absolute Gasteiger partial charge is 0.395 e. The number of benzene rings is 2. The van der Waals surface area contributed by atoms with Crippen molar-refractivity contribution in [2.24, 2.45) is 0 Å². The van der Waals surface area contributed by atoms with Gasteiger partial charge in [-0.25, -0.2) is 18.4 Å². The second-order valence-corrected chi connectivity index (χ2v) is 9.19. The summed E-state index contributed by atoms with van der Waals surface area (Å²) in [5.74, 6) is 6.39. The number of anilines is 2. The predicted octanol–water partition coefficient (Wildman–Crippen LogP) is 3.41. The Morgan fingerprint density at radius 2 is 1.67 bits per heavy atom. The molecule has 0 aliphatic rings. The van der Waals surface area contributed by atoms with Gasteiger partial charge in [0.25, 0.3) is 0 Å². The summed E-state index contributed by atoms with van der Waals surface area (Å²) in [4.78, 5) is 8.95. The predicted molar refractivity (Wildman–Crippen MR) is 126 cm³/mol. The molecular formula is C25H18N4O3S. The summed E-state index contributed by atoms with van der Waals surface area (Å²) in [7, 11) is -3.50. The summed E-state index contributed by atoms with van der Waals surface area (Å²) in [6.07, 6.45) is 3.39. The lowest BCUT2D eigenvalue weighted by Gasteiger charge is -2.09. The number of fused-ring (bicyclic) bond motifs is 1. The summed E-state index contributed by atoms with van der Waals surface area (Å²) in [5, 5.41) is 22.7. The standard InChI is InChI=1S/C25H18N4O3S/c26-16-19-3-1-18(2-4-19)5-10-24-23-15-25(28-17-20(23)11-12-27-24)29-21-6-8-22(9-7-21)33(31,32)14-13-30/h1-4,6-9,11-12,15,17,30H,13-14H2,(H,28,29). The zero-order chi connectivity index (χ0) is 23.3. The van der Waals surface area contributed by atoms with Crippen LogP contribution in [0, 0.1) is 23.2 Å². The van der Waals surface area contributed by atoms with E-state index in [1.807, 2.05) is 12.1 Å². The number of aliphatic hydroxyl groups is 1. The van der Waals surface area contributed by atoms with Gasteiger partial charge in [-0.05, 0) is 66.6 Å². The smallest absolute Gasteiger partial charge is 0.180 e. The number of rotatable bonds is 5. The third-order valence-corrected chi connectivity index (χ3v) is 6.54. The summed E-state index contributed by atoms with van der Waals surface area (Å²) < 4.78 is 24.1. The molecule has 4 aromatic rings. The number of nitriles is 1. The Balaban J connectivity index is 1.61. The Morgan fingerprint density at radius 3 is 2.36 bits per heavy atom. The number of pyridine rings is 2. The normalized spacial score (nSPS) is 10.8. The van der Waals surface area contributed by atoms with E-state index in [0.29, 0.717) is 22.8 Å². The minimum atomic E-state index is -3.50. The van der Waals surface area contributed by atoms with Crippen molar-refractivity contribution < 1.29 is 13.5 Å². The second-order valence-electron chi connectivity index (χ2n) is 7.08. The lowest BCUT2D eigenvalue weighted by Crippen LogP contribution is -2.09. The number of hydrogen-bond acceptors (Lipinski definition) is 7. The van der Waals surface area contributed by atoms with Crippen LogP contribution in [-0.2, 0) is 9.84 Å². The van der Waals surface area contributed by atoms with Gasteiger partial charge in [0.2, 0.25) is 0 Å². The number of sulfone groups is 1. The van der Waals surface area contributed by atoms with E-state index in [9.17, 15) is 8.42 Å². The summed E-state index contributed by atoms with van der Waals surface area (Å²) in [6.45, 7) is -0.423. The number of nitrogens with one attached hydrogen (secondary N) is 1. The molecular weight excluding hydrogens is 436 g/mol. The highest BCUT2D eigenvalue weighted by Gasteiger charge is 2.13. The van der Waals surface area contributed by atoms with Crippen LogP contribution in [0.15, 0.2) is 78.0 Å². The Kier molecular flexibility index (Phi) is 6.32. The highest BCUT2D eigenvalue weighted by Crippen LogP contribution is 2.23. The van der Waals surface area contributed by atoms with E-state index in [-0.39, 0.29) is 10.6 Å². The molecule has 0 bridgehead atoms. The maximum atomic E-state index is 12.1. The van der Waals surface area contributed by atoms with E-state index in [1.165, 1.54) is 12.1 Å². The fraction of sp³-hybridized carbons (Fsp3) is 0.0800. The van der Waals surface area contributed by atoms with Crippen molar-refractivity contribution in [2.75, 3.05) is 17.7 Å². The molecule has 0 amide bonds. The van der Waals surface area contributed by atoms with Gasteiger partial charge in [-0.2, -0.15) is 5.26 Å². The maximum Gasteiger partial charge on any atom is 0.180 e. The molecule has 33 heavy (non-hydrogen) atoms. The molecule has 0 aliphatic heterocycles. The molecule has 2 aromatic carbocycles. The SMILES string of the molecule is N#Cc1ccc(C#Cc2nccc3cnc(Nc4ccc(S(=O)(=O)CCO)cc4)cc23)cc1. The molecule has 0 spiro atoms. The van der Waals surface area contributed by atoms with Gasteiger partial charge < -0.3 is 10.4 Å². The summed E-state index contributed by atoms with van der Waals surface area (Å²) >= 11 is 0. The van der Waals surface area contributed by atoms with Crippen molar-refractivity contribution in [1.29, 1.82) is 5.26 Å². The number of aromatic nitrogens is 2. The minimum absolute atomic E-state index is 0.151. The van der Waals surface area contributed by atoms with E-state index in [1.54, 1.807) is 48.8 Å². The van der Waals surface area contributed by atoms with E-state index in [0.717, 1.165) is 16.3 Å². The van der Waals surface area contributed by atoms with Crippen LogP contribution in [0.5, 0.6) is 0 Å². The lowest BCUT2D eigenvalue weighted by molar-refractivity contribution is 0.319. The van der Waals surface area contributed by atoms with Gasteiger partial charge in [-0.3, -0.25) is 0 Å². The zero-order valence-electron chi connectivity index (χ0n) is 17.4. The van der Waals surface area contributed by atoms with Crippen LogP contribution in [0.25, 0.3) is 10.8 Å². The molecule has 0 saturated heterocycles. The molecule has 2 N–H and O–H groups in total. The lowest BCUT2D eigenvalue weighted by atomic mass is 10.1. The number of nitrogens with zero attached hydrogens (tertiary/aromatic N) is 3. The molecule has 0 radical (unpaired) electrons. The molecule has 0 fully saturated rings. The minimum Gasteiger partial charge on any atom is -0.395 e. The first-order chi connectivity index (χ1) is 16.0. The first-order valence-electron chi connectivity index (χ1n) is 9.96. The van der Waals surface area contributed by atoms with Crippen molar-refractivity contribution in [3.63, 3.8) is 0 Å². The van der Waals surface area contributed by atoms with Crippen LogP contribution in [0.3, 0.4) is 0 Å². The quantitative estimate of drug-likeness (QED) is 0.444. The third-order valence-electron chi connectivity index (χ3n) is 4.83. The molecule has 0 atom stereocenters. The molecule has 2 aromatic heterocycles. The topological polar surface area (TPSA) is 116 Å². The summed E-state index contributed by atoms with van der Waals surface area (Å²) in [6, 6.07) is 19.0. The second kappa shape index (κ2) is 9.49. The molecule has 0 unspecified atom stereocenters. The van der Waals surface area contributed by atoms with Crippen LogP contribution >= 0.6 is 0 Å². The van der Waals surface area contributed by atoms with Gasteiger partial charge in [0.05, 0.1) is 28.9 Å². The molecule has 0 saturated carbocycles. The Morgan fingerprint density at radius 1 is 0.939 bits per heavy atom. The van der Waals surface area contributed by atoms with Gasteiger partial charge in [-0.1, -0.05) is 5.92 Å². The van der Waals surface area contributed by atoms with Crippen molar-refractivity contribution in [1.82, 2.24) is 9.97 Å². The number of hydrogen-bond donors (Lipinski definition) is 2. The van der Waals surface area contributed by atoms with Crippen LogP contribution < -0.4 is 5.32 Å². The van der Waals surface area contributed by atoms with Crippen molar-refractivity contribution in [3.8, 4) is 17.9 Å². The molecule has 162 valence electrons. The van der Waals surface area contributed by atoms with Crippen molar-refractivity contribution in [2.45, 2.75) is 4.90 Å². The van der Waals surface area contributed by atoms with E-state index >= 15 is 0 Å². The highest BCUT2D eigenvalue weighted by atomic mass is 32.2. The van der Waals surface area contributed by atoms with Crippen molar-refractivity contribution in [3.05, 3.63) is 89.9 Å². The maximum absolute atomic E-state index is 12.1. The van der Waals surface area contributed by atoms with E-state index in [2.05, 4.69) is 33.2 Å². The average Bonchev–Trinajstić information content (AvgIpc) is 2.83. The van der Waals surface area contributed by atoms with Gasteiger partial charge in [0, 0.05) is 34.4 Å². The molecule has 0 aliphatic carbocycles. The Labute approximate surface area is 191 Å². The first kappa shape index (κ1) is 22.0. The van der Waals surface area contributed by atoms with Gasteiger partial charge in [0.15, 0.2) is 9.84 Å². The highest BCUT2D eigenvalue weighted by molar-refractivity contribution is 7.91. The third kappa shape index (κ3) is 5.16. The van der Waals surface area contributed by atoms with Crippen LogP contribution in [0.1, 0.15) is 16.8 Å². The monoisotopic (exact) mass is 454 g/mol. The van der Waals surface area contributed by atoms with Gasteiger partial charge >= 0.3 is 0 Å². The fourth-order valence-electron chi connectivity index (χ4n) is 3.12. The summed E-state index contributed by atoms with van der Waals surface area (Å²) in [5.41, 5.74) is 2.60. The van der Waals surface area contributed by atoms with Crippen LogP contribution in [0.4, 0.5) is 11.5 Å². The Bertz CT molecular complexity index is 1510. The van der Waals surface area contributed by atoms with Gasteiger partial charge in [0.1, 0.15) is 11.5 Å². The van der Waals surface area contributed by atoms with Crippen LogP contribution in [0.2, 0.25) is 0 Å².